The number of piperidine rings is 1. The number of hydrogen-bond donors (Lipinski definition) is 1. The minimum Gasteiger partial charge on any atom is -0.381 e. The van der Waals surface area contributed by atoms with Gasteiger partial charge in [0.2, 0.25) is 0 Å². The molecule has 1 aromatic carbocycles. The van der Waals surface area contributed by atoms with Crippen LogP contribution in [-0.2, 0) is 5.41 Å². The van der Waals surface area contributed by atoms with Crippen LogP contribution in [0.3, 0.4) is 0 Å². The lowest BCUT2D eigenvalue weighted by molar-refractivity contribution is 0.516. The molecule has 1 fully saturated rings. The van der Waals surface area contributed by atoms with Gasteiger partial charge in [-0.2, -0.15) is 0 Å². The Labute approximate surface area is 139 Å². The van der Waals surface area contributed by atoms with Gasteiger partial charge in [0, 0.05) is 36.4 Å². The molecule has 0 saturated carbocycles. The second kappa shape index (κ2) is 6.57. The van der Waals surface area contributed by atoms with Gasteiger partial charge in [0.15, 0.2) is 0 Å². The van der Waals surface area contributed by atoms with E-state index in [0.717, 1.165) is 24.7 Å². The van der Waals surface area contributed by atoms with Crippen molar-refractivity contribution in [2.75, 3.05) is 23.3 Å². The molecule has 4 heteroatoms. The molecular formula is C19H26N4. The number of benzene rings is 1. The summed E-state index contributed by atoms with van der Waals surface area (Å²) in [6.45, 7) is 8.51. The van der Waals surface area contributed by atoms with Crippen molar-refractivity contribution in [2.24, 2.45) is 0 Å². The molecule has 0 spiro atoms. The predicted octanol–water partition coefficient (Wildman–Crippen LogP) is 3.86. The van der Waals surface area contributed by atoms with Gasteiger partial charge in [-0.25, -0.2) is 9.97 Å². The van der Waals surface area contributed by atoms with Crippen LogP contribution >= 0.6 is 0 Å². The first-order valence-electron chi connectivity index (χ1n) is 8.42. The monoisotopic (exact) mass is 310 g/mol. The van der Waals surface area contributed by atoms with Crippen LogP contribution < -0.4 is 10.2 Å². The maximum atomic E-state index is 4.80. The number of para-hydroxylation sites is 1. The predicted molar refractivity (Wildman–Crippen MR) is 96.0 cm³/mol. The molecule has 0 radical (unpaired) electrons. The molecule has 2 heterocycles. The fourth-order valence-electron chi connectivity index (χ4n) is 2.96. The van der Waals surface area contributed by atoms with Crippen LogP contribution in [0.1, 0.15) is 39.4 Å². The summed E-state index contributed by atoms with van der Waals surface area (Å²) < 4.78 is 0. The van der Waals surface area contributed by atoms with Crippen molar-refractivity contribution in [3.63, 3.8) is 0 Å². The summed E-state index contributed by atoms with van der Waals surface area (Å²) in [6.07, 6.45) is 4.26. The van der Waals surface area contributed by atoms with E-state index in [9.17, 15) is 0 Å². The molecule has 0 bridgehead atoms. The second-order valence-corrected chi connectivity index (χ2v) is 7.28. The lowest BCUT2D eigenvalue weighted by Crippen LogP contribution is -2.42. The van der Waals surface area contributed by atoms with Gasteiger partial charge in [-0.3, -0.25) is 0 Å². The van der Waals surface area contributed by atoms with E-state index in [1.165, 1.54) is 18.5 Å². The van der Waals surface area contributed by atoms with Crippen LogP contribution in [0.4, 0.5) is 11.5 Å². The fourth-order valence-corrected chi connectivity index (χ4v) is 2.96. The van der Waals surface area contributed by atoms with Gasteiger partial charge >= 0.3 is 0 Å². The molecule has 1 atom stereocenters. The molecular weight excluding hydrogens is 284 g/mol. The standard InChI is InChI=1S/C19H26N4/c1-19(2,3)18-20-12-11-17(22-18)23-13-7-10-16(14-23)21-15-8-5-4-6-9-15/h4-6,8-9,11-12,16,21H,7,10,13-14H2,1-3H3. The normalized spacial score (nSPS) is 18.7. The highest BCUT2D eigenvalue weighted by Gasteiger charge is 2.23. The summed E-state index contributed by atoms with van der Waals surface area (Å²) in [5.74, 6) is 1.96. The van der Waals surface area contributed by atoms with Crippen molar-refractivity contribution in [2.45, 2.75) is 45.1 Å². The van der Waals surface area contributed by atoms with E-state index in [1.54, 1.807) is 0 Å². The summed E-state index contributed by atoms with van der Waals surface area (Å²) in [7, 11) is 0. The van der Waals surface area contributed by atoms with Gasteiger partial charge in [-0.1, -0.05) is 39.0 Å². The van der Waals surface area contributed by atoms with Crippen molar-refractivity contribution >= 4 is 11.5 Å². The highest BCUT2D eigenvalue weighted by Crippen LogP contribution is 2.23. The Morgan fingerprint density at radius 3 is 2.65 bits per heavy atom. The van der Waals surface area contributed by atoms with Crippen LogP contribution in [0, 0.1) is 0 Å². The van der Waals surface area contributed by atoms with Crippen molar-refractivity contribution in [1.29, 1.82) is 0 Å². The zero-order valence-electron chi connectivity index (χ0n) is 14.3. The molecule has 1 aliphatic rings. The average molecular weight is 310 g/mol. The van der Waals surface area contributed by atoms with Crippen molar-refractivity contribution in [3.8, 4) is 0 Å². The molecule has 3 rings (SSSR count). The topological polar surface area (TPSA) is 41.1 Å². The van der Waals surface area contributed by atoms with Crippen LogP contribution in [-0.4, -0.2) is 29.1 Å². The highest BCUT2D eigenvalue weighted by molar-refractivity contribution is 5.45. The third kappa shape index (κ3) is 4.01. The molecule has 1 saturated heterocycles. The van der Waals surface area contributed by atoms with E-state index >= 15 is 0 Å². The summed E-state index contributed by atoms with van der Waals surface area (Å²) >= 11 is 0. The third-order valence-corrected chi connectivity index (χ3v) is 4.20. The zero-order valence-corrected chi connectivity index (χ0v) is 14.3. The van der Waals surface area contributed by atoms with E-state index in [4.69, 9.17) is 4.98 Å². The Morgan fingerprint density at radius 2 is 1.91 bits per heavy atom. The summed E-state index contributed by atoms with van der Waals surface area (Å²) in [5, 5.41) is 3.64. The minimum atomic E-state index is -0.0204. The summed E-state index contributed by atoms with van der Waals surface area (Å²) in [4.78, 5) is 11.6. The number of hydrogen-bond acceptors (Lipinski definition) is 4. The minimum absolute atomic E-state index is 0.0204. The molecule has 4 nitrogen and oxygen atoms in total. The van der Waals surface area contributed by atoms with Crippen LogP contribution in [0.25, 0.3) is 0 Å². The Bertz CT molecular complexity index is 633. The van der Waals surface area contributed by atoms with Gasteiger partial charge in [-0.15, -0.1) is 0 Å². The van der Waals surface area contributed by atoms with Gasteiger partial charge in [0.25, 0.3) is 0 Å². The molecule has 1 aliphatic heterocycles. The van der Waals surface area contributed by atoms with Crippen LogP contribution in [0.5, 0.6) is 0 Å². The maximum Gasteiger partial charge on any atom is 0.135 e. The highest BCUT2D eigenvalue weighted by atomic mass is 15.2. The second-order valence-electron chi connectivity index (χ2n) is 7.28. The van der Waals surface area contributed by atoms with Crippen molar-refractivity contribution < 1.29 is 0 Å². The van der Waals surface area contributed by atoms with E-state index in [2.05, 4.69) is 60.2 Å². The summed E-state index contributed by atoms with van der Waals surface area (Å²) in [6, 6.07) is 12.9. The number of nitrogens with zero attached hydrogens (tertiary/aromatic N) is 3. The maximum absolute atomic E-state index is 4.80. The zero-order chi connectivity index (χ0) is 16.3. The molecule has 23 heavy (non-hydrogen) atoms. The first kappa shape index (κ1) is 15.8. The first-order chi connectivity index (χ1) is 11.0. The summed E-state index contributed by atoms with van der Waals surface area (Å²) in [5.41, 5.74) is 1.17. The first-order valence-corrected chi connectivity index (χ1v) is 8.42. The van der Waals surface area contributed by atoms with Gasteiger partial charge in [0.1, 0.15) is 11.6 Å². The Hall–Kier alpha value is -2.10. The molecule has 122 valence electrons. The Morgan fingerprint density at radius 1 is 1.13 bits per heavy atom. The van der Waals surface area contributed by atoms with Gasteiger partial charge in [-0.05, 0) is 31.0 Å². The van der Waals surface area contributed by atoms with Crippen molar-refractivity contribution in [1.82, 2.24) is 9.97 Å². The van der Waals surface area contributed by atoms with E-state index in [0.29, 0.717) is 6.04 Å². The molecule has 0 aliphatic carbocycles. The number of rotatable bonds is 3. The Balaban J connectivity index is 1.71. The average Bonchev–Trinajstić information content (AvgIpc) is 2.55. The fraction of sp³-hybridized carbons (Fsp3) is 0.474. The molecule has 1 aromatic heterocycles. The number of aromatic nitrogens is 2. The molecule has 1 N–H and O–H groups in total. The van der Waals surface area contributed by atoms with Crippen LogP contribution in [0.2, 0.25) is 0 Å². The molecule has 2 aromatic rings. The van der Waals surface area contributed by atoms with E-state index in [1.807, 2.05) is 18.3 Å². The van der Waals surface area contributed by atoms with Crippen molar-refractivity contribution in [3.05, 3.63) is 48.4 Å². The third-order valence-electron chi connectivity index (χ3n) is 4.20. The van der Waals surface area contributed by atoms with Crippen LogP contribution in [0.15, 0.2) is 42.6 Å². The van der Waals surface area contributed by atoms with E-state index < -0.39 is 0 Å². The largest absolute Gasteiger partial charge is 0.381 e. The number of anilines is 2. The lowest BCUT2D eigenvalue weighted by atomic mass is 9.96. The smallest absolute Gasteiger partial charge is 0.135 e. The molecule has 1 unspecified atom stereocenters. The van der Waals surface area contributed by atoms with E-state index in [-0.39, 0.29) is 5.41 Å². The lowest BCUT2D eigenvalue weighted by Gasteiger charge is -2.35. The van der Waals surface area contributed by atoms with Gasteiger partial charge < -0.3 is 10.2 Å². The quantitative estimate of drug-likeness (QED) is 0.935. The Kier molecular flexibility index (Phi) is 4.51. The molecule has 0 amide bonds. The number of nitrogens with one attached hydrogen (secondary N) is 1. The SMILES string of the molecule is CC(C)(C)c1nccc(N2CCCC(Nc3ccccc3)C2)n1. The van der Waals surface area contributed by atoms with Gasteiger partial charge in [0.05, 0.1) is 0 Å².